The second-order valence-corrected chi connectivity index (χ2v) is 4.73. The van der Waals surface area contributed by atoms with Crippen LogP contribution in [0.4, 0.5) is 0 Å². The molecule has 0 bridgehead atoms. The summed E-state index contributed by atoms with van der Waals surface area (Å²) in [6.45, 7) is 7.80. The van der Waals surface area contributed by atoms with Gasteiger partial charge in [-0.15, -0.1) is 0 Å². The topological polar surface area (TPSA) is 92.0 Å². The smallest absolute Gasteiger partial charge is 0.278 e. The summed E-state index contributed by atoms with van der Waals surface area (Å²) in [5.41, 5.74) is 5.62. The number of hydrogen-bond donors (Lipinski definition) is 1. The number of hydrogen-bond acceptors (Lipinski definition) is 6. The lowest BCUT2D eigenvalue weighted by Crippen LogP contribution is -2.26. The van der Waals surface area contributed by atoms with Gasteiger partial charge in [-0.3, -0.25) is 0 Å². The van der Waals surface area contributed by atoms with Gasteiger partial charge in [-0.1, -0.05) is 12.1 Å². The molecule has 20 heavy (non-hydrogen) atoms. The second kappa shape index (κ2) is 6.15. The number of nitrogens with two attached hydrogens (primary N) is 1. The normalized spacial score (nSPS) is 14.4. The van der Waals surface area contributed by atoms with Gasteiger partial charge in [-0.2, -0.15) is 4.98 Å². The fourth-order valence-electron chi connectivity index (χ4n) is 1.93. The van der Waals surface area contributed by atoms with E-state index in [1.165, 1.54) is 0 Å². The molecule has 1 unspecified atom stereocenters. The first-order chi connectivity index (χ1) is 9.62. The highest BCUT2D eigenvalue weighted by molar-refractivity contribution is 5.44. The number of imidazole rings is 1. The highest BCUT2D eigenvalue weighted by atomic mass is 16.5. The van der Waals surface area contributed by atoms with Crippen molar-refractivity contribution in [2.45, 2.75) is 39.3 Å². The van der Waals surface area contributed by atoms with Crippen LogP contribution in [0.1, 0.15) is 33.0 Å². The van der Waals surface area contributed by atoms with Gasteiger partial charge in [0.05, 0.1) is 6.33 Å². The summed E-state index contributed by atoms with van der Waals surface area (Å²) in [7, 11) is 0. The van der Waals surface area contributed by atoms with Crippen LogP contribution >= 0.6 is 0 Å². The molecule has 0 aliphatic carbocycles. The first-order valence-corrected chi connectivity index (χ1v) is 6.83. The van der Waals surface area contributed by atoms with Crippen LogP contribution in [0.3, 0.4) is 0 Å². The highest BCUT2D eigenvalue weighted by Gasteiger charge is 2.31. The van der Waals surface area contributed by atoms with E-state index in [0.29, 0.717) is 37.1 Å². The Hall–Kier alpha value is -1.73. The third-order valence-corrected chi connectivity index (χ3v) is 3.28. The van der Waals surface area contributed by atoms with Crippen molar-refractivity contribution in [2.24, 2.45) is 5.73 Å². The lowest BCUT2D eigenvalue weighted by atomic mass is 10.0. The average molecular weight is 279 g/mol. The molecule has 0 aliphatic heterocycles. The van der Waals surface area contributed by atoms with Gasteiger partial charge in [0.25, 0.3) is 5.89 Å². The molecule has 2 aromatic rings. The summed E-state index contributed by atoms with van der Waals surface area (Å²) in [5, 5.41) is 4.02. The van der Waals surface area contributed by atoms with Gasteiger partial charge in [-0.05, 0) is 20.3 Å². The monoisotopic (exact) mass is 279 g/mol. The van der Waals surface area contributed by atoms with Crippen LogP contribution in [-0.4, -0.2) is 32.8 Å². The molecule has 7 heteroatoms. The lowest BCUT2D eigenvalue weighted by molar-refractivity contribution is -0.0403. The molecular formula is C13H21N5O2. The zero-order chi connectivity index (χ0) is 14.6. The molecule has 2 N–H and O–H groups in total. The summed E-state index contributed by atoms with van der Waals surface area (Å²) in [5.74, 6) is 0.945. The van der Waals surface area contributed by atoms with Crippen molar-refractivity contribution in [1.29, 1.82) is 0 Å². The molecule has 0 aliphatic rings. The Labute approximate surface area is 118 Å². The Morgan fingerprint density at radius 1 is 1.45 bits per heavy atom. The fourth-order valence-corrected chi connectivity index (χ4v) is 1.93. The second-order valence-electron chi connectivity index (χ2n) is 4.73. The van der Waals surface area contributed by atoms with Crippen molar-refractivity contribution >= 4 is 0 Å². The van der Waals surface area contributed by atoms with Crippen LogP contribution in [0.25, 0.3) is 11.6 Å². The van der Waals surface area contributed by atoms with E-state index in [1.807, 2.05) is 31.5 Å². The van der Waals surface area contributed by atoms with Crippen molar-refractivity contribution in [2.75, 3.05) is 13.2 Å². The molecule has 1 atom stereocenters. The maximum Gasteiger partial charge on any atom is 0.278 e. The molecule has 0 spiro atoms. The first-order valence-electron chi connectivity index (χ1n) is 6.83. The number of nitrogens with zero attached hydrogens (tertiary/aromatic N) is 4. The standard InChI is InChI=1S/C13H21N5O2/c1-4-13(3,19-5-2)12-16-11(20-17-12)10-8-18(7-6-14)9-15-10/h8-9H,4-7,14H2,1-3H3. The Morgan fingerprint density at radius 2 is 2.25 bits per heavy atom. The SMILES string of the molecule is CCOC(C)(CC)c1noc(-c2cn(CCN)cn2)n1. The molecule has 0 radical (unpaired) electrons. The van der Waals surface area contributed by atoms with E-state index in [-0.39, 0.29) is 0 Å². The van der Waals surface area contributed by atoms with E-state index >= 15 is 0 Å². The third-order valence-electron chi connectivity index (χ3n) is 3.28. The molecule has 2 aromatic heterocycles. The van der Waals surface area contributed by atoms with Gasteiger partial charge in [0, 0.05) is 25.9 Å². The average Bonchev–Trinajstić information content (AvgIpc) is 3.07. The molecule has 0 fully saturated rings. The van der Waals surface area contributed by atoms with Crippen molar-refractivity contribution < 1.29 is 9.26 Å². The van der Waals surface area contributed by atoms with Crippen LogP contribution in [0, 0.1) is 0 Å². The van der Waals surface area contributed by atoms with E-state index in [0.717, 1.165) is 6.42 Å². The molecule has 0 aromatic carbocycles. The quantitative estimate of drug-likeness (QED) is 0.826. The molecule has 2 rings (SSSR count). The van der Waals surface area contributed by atoms with Gasteiger partial charge in [0.15, 0.2) is 0 Å². The predicted molar refractivity (Wildman–Crippen MR) is 73.8 cm³/mol. The van der Waals surface area contributed by atoms with Gasteiger partial charge in [0.2, 0.25) is 5.82 Å². The van der Waals surface area contributed by atoms with E-state index in [9.17, 15) is 0 Å². The van der Waals surface area contributed by atoms with Gasteiger partial charge in [0.1, 0.15) is 11.3 Å². The Bertz CT molecular complexity index is 550. The molecule has 0 saturated carbocycles. The maximum atomic E-state index is 5.73. The molecular weight excluding hydrogens is 258 g/mol. The van der Waals surface area contributed by atoms with Gasteiger partial charge < -0.3 is 19.6 Å². The summed E-state index contributed by atoms with van der Waals surface area (Å²) >= 11 is 0. The zero-order valence-electron chi connectivity index (χ0n) is 12.2. The predicted octanol–water partition coefficient (Wildman–Crippen LogP) is 1.55. The van der Waals surface area contributed by atoms with Crippen molar-refractivity contribution in [1.82, 2.24) is 19.7 Å². The molecule has 2 heterocycles. The van der Waals surface area contributed by atoms with E-state index < -0.39 is 5.60 Å². The van der Waals surface area contributed by atoms with Crippen LogP contribution in [0.5, 0.6) is 0 Å². The molecule has 110 valence electrons. The number of rotatable bonds is 7. The number of ether oxygens (including phenoxy) is 1. The molecule has 0 amide bonds. The largest absolute Gasteiger partial charge is 0.367 e. The minimum absolute atomic E-state index is 0.398. The summed E-state index contributed by atoms with van der Waals surface area (Å²) in [6, 6.07) is 0. The van der Waals surface area contributed by atoms with Crippen molar-refractivity contribution in [3.8, 4) is 11.6 Å². The Kier molecular flexibility index (Phi) is 4.51. The first kappa shape index (κ1) is 14.7. The Balaban J connectivity index is 2.23. The van der Waals surface area contributed by atoms with Gasteiger partial charge in [-0.25, -0.2) is 4.98 Å². The minimum Gasteiger partial charge on any atom is -0.367 e. The van der Waals surface area contributed by atoms with Crippen LogP contribution in [-0.2, 0) is 16.9 Å². The zero-order valence-corrected chi connectivity index (χ0v) is 12.2. The van der Waals surface area contributed by atoms with E-state index in [2.05, 4.69) is 15.1 Å². The summed E-state index contributed by atoms with van der Waals surface area (Å²) in [6.07, 6.45) is 4.31. The minimum atomic E-state index is -0.531. The van der Waals surface area contributed by atoms with E-state index in [4.69, 9.17) is 15.0 Å². The highest BCUT2D eigenvalue weighted by Crippen LogP contribution is 2.28. The number of aromatic nitrogens is 4. The van der Waals surface area contributed by atoms with Crippen molar-refractivity contribution in [3.05, 3.63) is 18.3 Å². The van der Waals surface area contributed by atoms with E-state index in [1.54, 1.807) is 6.33 Å². The molecule has 0 saturated heterocycles. The van der Waals surface area contributed by atoms with Crippen LogP contribution in [0.2, 0.25) is 0 Å². The van der Waals surface area contributed by atoms with Gasteiger partial charge >= 0.3 is 0 Å². The summed E-state index contributed by atoms with van der Waals surface area (Å²) < 4.78 is 12.9. The summed E-state index contributed by atoms with van der Waals surface area (Å²) in [4.78, 5) is 8.65. The third kappa shape index (κ3) is 2.88. The Morgan fingerprint density at radius 3 is 2.90 bits per heavy atom. The van der Waals surface area contributed by atoms with Crippen molar-refractivity contribution in [3.63, 3.8) is 0 Å². The fraction of sp³-hybridized carbons (Fsp3) is 0.615. The lowest BCUT2D eigenvalue weighted by Gasteiger charge is -2.23. The van der Waals surface area contributed by atoms with Crippen LogP contribution in [0.15, 0.2) is 17.0 Å². The molecule has 7 nitrogen and oxygen atoms in total. The van der Waals surface area contributed by atoms with Crippen LogP contribution < -0.4 is 5.73 Å². The maximum absolute atomic E-state index is 5.73.